The van der Waals surface area contributed by atoms with E-state index in [9.17, 15) is 0 Å². The highest BCUT2D eigenvalue weighted by molar-refractivity contribution is 6.21. The zero-order chi connectivity index (χ0) is 9.68. The zero-order valence-corrected chi connectivity index (χ0v) is 9.61. The second-order valence-corrected chi connectivity index (χ2v) is 4.97. The molecule has 1 saturated carbocycles. The average Bonchev–Trinajstić information content (AvgIpc) is 2.86. The minimum atomic E-state index is 0.383. The van der Waals surface area contributed by atoms with Crippen LogP contribution in [0.3, 0.4) is 0 Å². The maximum Gasteiger partial charge on any atom is 0.0488 e. The van der Waals surface area contributed by atoms with E-state index >= 15 is 0 Å². The first-order chi connectivity index (χ1) is 6.24. The van der Waals surface area contributed by atoms with Crippen LogP contribution in [0.25, 0.3) is 0 Å². The van der Waals surface area contributed by atoms with E-state index in [4.69, 9.17) is 11.6 Å². The van der Waals surface area contributed by atoms with Crippen LogP contribution in [-0.4, -0.2) is 18.5 Å². The molecule has 0 aliphatic heterocycles. The molecule has 1 N–H and O–H groups in total. The van der Waals surface area contributed by atoms with Crippen LogP contribution < -0.4 is 5.32 Å². The molecule has 2 atom stereocenters. The van der Waals surface area contributed by atoms with E-state index in [2.05, 4.69) is 19.2 Å². The van der Waals surface area contributed by atoms with Gasteiger partial charge in [0.1, 0.15) is 0 Å². The van der Waals surface area contributed by atoms with E-state index in [-0.39, 0.29) is 0 Å². The van der Waals surface area contributed by atoms with Gasteiger partial charge in [-0.15, -0.1) is 11.6 Å². The van der Waals surface area contributed by atoms with Gasteiger partial charge in [-0.3, -0.25) is 0 Å². The predicted molar refractivity (Wildman–Crippen MR) is 59.3 cm³/mol. The van der Waals surface area contributed by atoms with Gasteiger partial charge < -0.3 is 5.32 Å². The molecule has 0 bridgehead atoms. The van der Waals surface area contributed by atoms with Crippen molar-refractivity contribution in [1.29, 1.82) is 0 Å². The molecule has 1 rings (SSSR count). The first-order valence-corrected chi connectivity index (χ1v) is 6.02. The molecular formula is C11H22ClN. The maximum absolute atomic E-state index is 6.18. The Hall–Kier alpha value is 0.250. The Balaban J connectivity index is 1.92. The van der Waals surface area contributed by atoms with E-state index in [1.54, 1.807) is 0 Å². The van der Waals surface area contributed by atoms with E-state index < -0.39 is 0 Å². The van der Waals surface area contributed by atoms with Crippen LogP contribution in [0.4, 0.5) is 0 Å². The van der Waals surface area contributed by atoms with Crippen molar-refractivity contribution in [2.24, 2.45) is 11.8 Å². The lowest BCUT2D eigenvalue weighted by Gasteiger charge is -2.13. The summed E-state index contributed by atoms with van der Waals surface area (Å²) in [6, 6.07) is 0. The molecule has 1 aliphatic carbocycles. The molecule has 1 aliphatic rings. The van der Waals surface area contributed by atoms with Crippen LogP contribution in [0, 0.1) is 11.8 Å². The third-order valence-electron chi connectivity index (χ3n) is 2.75. The fraction of sp³-hybridized carbons (Fsp3) is 1.00. The van der Waals surface area contributed by atoms with Crippen molar-refractivity contribution >= 4 is 11.6 Å². The monoisotopic (exact) mass is 203 g/mol. The predicted octanol–water partition coefficient (Wildman–Crippen LogP) is 3.03. The number of hydrogen-bond donors (Lipinski definition) is 1. The lowest BCUT2D eigenvalue weighted by molar-refractivity contribution is 0.469. The van der Waals surface area contributed by atoms with Crippen molar-refractivity contribution in [3.8, 4) is 0 Å². The second kappa shape index (κ2) is 5.87. The molecular weight excluding hydrogens is 182 g/mol. The van der Waals surface area contributed by atoms with Gasteiger partial charge in [-0.05, 0) is 37.6 Å². The Morgan fingerprint density at radius 1 is 1.38 bits per heavy atom. The van der Waals surface area contributed by atoms with Crippen molar-refractivity contribution in [2.75, 3.05) is 13.1 Å². The quantitative estimate of drug-likeness (QED) is 0.628. The Morgan fingerprint density at radius 3 is 2.62 bits per heavy atom. The lowest BCUT2D eigenvalue weighted by Crippen LogP contribution is -2.28. The highest BCUT2D eigenvalue weighted by Crippen LogP contribution is 2.35. The zero-order valence-electron chi connectivity index (χ0n) is 8.85. The van der Waals surface area contributed by atoms with Crippen molar-refractivity contribution in [3.05, 3.63) is 0 Å². The van der Waals surface area contributed by atoms with Gasteiger partial charge in [-0.2, -0.15) is 0 Å². The third-order valence-corrected chi connectivity index (χ3v) is 3.26. The molecule has 0 amide bonds. The summed E-state index contributed by atoms with van der Waals surface area (Å²) in [5.74, 6) is 1.61. The fourth-order valence-electron chi connectivity index (χ4n) is 1.69. The van der Waals surface area contributed by atoms with Gasteiger partial charge in [0, 0.05) is 11.9 Å². The summed E-state index contributed by atoms with van der Waals surface area (Å²) in [5, 5.41) is 3.84. The standard InChI is InChI=1S/C11H22ClN/c1-3-4-9(2)7-13-8-11(12)10-5-6-10/h9-11,13H,3-8H2,1-2H3. The summed E-state index contributed by atoms with van der Waals surface area (Å²) >= 11 is 6.18. The van der Waals surface area contributed by atoms with Crippen molar-refractivity contribution in [1.82, 2.24) is 5.32 Å². The number of alkyl halides is 1. The normalized spacial score (nSPS) is 21.5. The number of nitrogens with one attached hydrogen (secondary N) is 1. The van der Waals surface area contributed by atoms with Crippen molar-refractivity contribution in [2.45, 2.75) is 44.9 Å². The maximum atomic E-state index is 6.18. The number of rotatable bonds is 7. The van der Waals surface area contributed by atoms with E-state index in [1.807, 2.05) is 0 Å². The third kappa shape index (κ3) is 4.87. The van der Waals surface area contributed by atoms with Gasteiger partial charge in [0.05, 0.1) is 0 Å². The summed E-state index contributed by atoms with van der Waals surface area (Å²) in [6.45, 7) is 6.67. The van der Waals surface area contributed by atoms with Gasteiger partial charge in [0.25, 0.3) is 0 Å². The molecule has 2 heteroatoms. The molecule has 1 fully saturated rings. The Labute approximate surface area is 87.2 Å². The minimum absolute atomic E-state index is 0.383. The Kier molecular flexibility index (Phi) is 5.12. The summed E-state index contributed by atoms with van der Waals surface area (Å²) in [6.07, 6.45) is 5.31. The van der Waals surface area contributed by atoms with Crippen LogP contribution in [-0.2, 0) is 0 Å². The van der Waals surface area contributed by atoms with Crippen LogP contribution >= 0.6 is 11.6 Å². The molecule has 0 spiro atoms. The molecule has 0 aromatic heterocycles. The van der Waals surface area contributed by atoms with Crippen LogP contribution in [0.15, 0.2) is 0 Å². The Bertz CT molecular complexity index is 134. The van der Waals surface area contributed by atoms with Gasteiger partial charge in [0.2, 0.25) is 0 Å². The highest BCUT2D eigenvalue weighted by atomic mass is 35.5. The van der Waals surface area contributed by atoms with Gasteiger partial charge in [0.15, 0.2) is 0 Å². The van der Waals surface area contributed by atoms with Crippen molar-refractivity contribution < 1.29 is 0 Å². The van der Waals surface area contributed by atoms with Crippen LogP contribution in [0.2, 0.25) is 0 Å². The number of hydrogen-bond acceptors (Lipinski definition) is 1. The summed E-state index contributed by atoms with van der Waals surface area (Å²) in [4.78, 5) is 0. The lowest BCUT2D eigenvalue weighted by atomic mass is 10.1. The number of halogens is 1. The first kappa shape index (κ1) is 11.3. The van der Waals surface area contributed by atoms with Crippen LogP contribution in [0.1, 0.15) is 39.5 Å². The van der Waals surface area contributed by atoms with Crippen molar-refractivity contribution in [3.63, 3.8) is 0 Å². The molecule has 0 saturated heterocycles. The summed E-state index contributed by atoms with van der Waals surface area (Å²) in [7, 11) is 0. The summed E-state index contributed by atoms with van der Waals surface area (Å²) in [5.41, 5.74) is 0. The molecule has 1 nitrogen and oxygen atoms in total. The van der Waals surface area contributed by atoms with E-state index in [0.717, 1.165) is 24.9 Å². The largest absolute Gasteiger partial charge is 0.315 e. The molecule has 0 aromatic rings. The summed E-state index contributed by atoms with van der Waals surface area (Å²) < 4.78 is 0. The van der Waals surface area contributed by atoms with E-state index in [1.165, 1.54) is 25.7 Å². The molecule has 0 heterocycles. The van der Waals surface area contributed by atoms with E-state index in [0.29, 0.717) is 5.38 Å². The van der Waals surface area contributed by atoms with Gasteiger partial charge >= 0.3 is 0 Å². The van der Waals surface area contributed by atoms with Gasteiger partial charge in [-0.1, -0.05) is 20.3 Å². The average molecular weight is 204 g/mol. The van der Waals surface area contributed by atoms with Crippen LogP contribution in [0.5, 0.6) is 0 Å². The highest BCUT2D eigenvalue weighted by Gasteiger charge is 2.29. The molecule has 0 aromatic carbocycles. The Morgan fingerprint density at radius 2 is 2.08 bits per heavy atom. The van der Waals surface area contributed by atoms with Gasteiger partial charge in [-0.25, -0.2) is 0 Å². The molecule has 13 heavy (non-hydrogen) atoms. The second-order valence-electron chi connectivity index (χ2n) is 4.41. The minimum Gasteiger partial charge on any atom is -0.315 e. The molecule has 0 radical (unpaired) electrons. The fourth-order valence-corrected chi connectivity index (χ4v) is 2.05. The topological polar surface area (TPSA) is 12.0 Å². The SMILES string of the molecule is CCCC(C)CNCC(Cl)C1CC1. The smallest absolute Gasteiger partial charge is 0.0488 e. The first-order valence-electron chi connectivity index (χ1n) is 5.58. The molecule has 78 valence electrons. The molecule has 2 unspecified atom stereocenters.